The summed E-state index contributed by atoms with van der Waals surface area (Å²) in [5.74, 6) is 1.93. The molecule has 1 aromatic heterocycles. The molecule has 2 rings (SSSR count). The van der Waals surface area contributed by atoms with Gasteiger partial charge in [-0.2, -0.15) is 11.8 Å². The predicted molar refractivity (Wildman–Crippen MR) is 62.9 cm³/mol. The number of aromatic carboxylic acids is 1. The van der Waals surface area contributed by atoms with Crippen molar-refractivity contribution in [3.8, 4) is 0 Å². The van der Waals surface area contributed by atoms with Crippen molar-refractivity contribution in [2.75, 3.05) is 11.5 Å². The first kappa shape index (κ1) is 11.5. The van der Waals surface area contributed by atoms with Crippen molar-refractivity contribution in [1.29, 1.82) is 0 Å². The molecule has 2 N–H and O–H groups in total. The molecule has 0 saturated carbocycles. The summed E-state index contributed by atoms with van der Waals surface area (Å²) in [6.07, 6.45) is 3.82. The van der Waals surface area contributed by atoms with Gasteiger partial charge < -0.3 is 14.8 Å². The van der Waals surface area contributed by atoms with E-state index in [1.54, 1.807) is 0 Å². The van der Waals surface area contributed by atoms with Crippen LogP contribution in [0.4, 0.5) is 0 Å². The third-order valence-corrected chi connectivity index (χ3v) is 3.90. The van der Waals surface area contributed by atoms with E-state index in [1.165, 1.54) is 24.5 Å². The second kappa shape index (κ2) is 5.41. The second-order valence-corrected chi connectivity index (χ2v) is 5.01. The summed E-state index contributed by atoms with van der Waals surface area (Å²) in [5.41, 5.74) is 0.260. The van der Waals surface area contributed by atoms with Crippen molar-refractivity contribution >= 4 is 17.7 Å². The normalized spacial score (nSPS) is 20.9. The van der Waals surface area contributed by atoms with Crippen molar-refractivity contribution in [2.45, 2.75) is 25.4 Å². The lowest BCUT2D eigenvalue weighted by Gasteiger charge is -2.22. The molecule has 16 heavy (non-hydrogen) atoms. The summed E-state index contributed by atoms with van der Waals surface area (Å²) >= 11 is 1.94. The highest BCUT2D eigenvalue weighted by Crippen LogP contribution is 2.18. The molecule has 0 aromatic carbocycles. The van der Waals surface area contributed by atoms with E-state index in [0.717, 1.165) is 12.2 Å². The standard InChI is InChI=1S/C11H15NO3S/c13-11(14)9-3-4-15-10(9)6-12-8-2-1-5-16-7-8/h3-4,8,12H,1-2,5-7H2,(H,13,14). The second-order valence-electron chi connectivity index (χ2n) is 3.86. The number of hydrogen-bond acceptors (Lipinski definition) is 4. The molecule has 2 heterocycles. The van der Waals surface area contributed by atoms with Gasteiger partial charge in [0.25, 0.3) is 0 Å². The molecule has 1 aliphatic rings. The van der Waals surface area contributed by atoms with E-state index in [2.05, 4.69) is 5.32 Å². The maximum atomic E-state index is 10.8. The van der Waals surface area contributed by atoms with Crippen LogP contribution in [-0.4, -0.2) is 28.6 Å². The molecule has 5 heteroatoms. The monoisotopic (exact) mass is 241 g/mol. The van der Waals surface area contributed by atoms with Gasteiger partial charge in [0.2, 0.25) is 0 Å². The molecule has 0 bridgehead atoms. The fraction of sp³-hybridized carbons (Fsp3) is 0.545. The Bertz CT molecular complexity index is 358. The highest BCUT2D eigenvalue weighted by atomic mass is 32.2. The van der Waals surface area contributed by atoms with Crippen LogP contribution in [0.15, 0.2) is 16.7 Å². The zero-order valence-corrected chi connectivity index (χ0v) is 9.76. The maximum Gasteiger partial charge on any atom is 0.339 e. The Balaban J connectivity index is 1.88. The van der Waals surface area contributed by atoms with Crippen molar-refractivity contribution in [3.05, 3.63) is 23.7 Å². The number of carboxylic acids is 1. The minimum atomic E-state index is -0.927. The first-order chi connectivity index (χ1) is 7.77. The van der Waals surface area contributed by atoms with E-state index < -0.39 is 5.97 Å². The Labute approximate surface area is 98.4 Å². The van der Waals surface area contributed by atoms with Crippen molar-refractivity contribution in [2.24, 2.45) is 0 Å². The summed E-state index contributed by atoms with van der Waals surface area (Å²) in [6.45, 7) is 0.500. The number of thioether (sulfide) groups is 1. The Kier molecular flexibility index (Phi) is 3.90. The zero-order valence-electron chi connectivity index (χ0n) is 8.94. The first-order valence-corrected chi connectivity index (χ1v) is 6.53. The van der Waals surface area contributed by atoms with Crippen LogP contribution in [0.5, 0.6) is 0 Å². The average Bonchev–Trinajstić information content (AvgIpc) is 2.76. The van der Waals surface area contributed by atoms with E-state index in [1.807, 2.05) is 11.8 Å². The molecule has 1 aromatic rings. The first-order valence-electron chi connectivity index (χ1n) is 5.38. The lowest BCUT2D eigenvalue weighted by atomic mass is 10.2. The quantitative estimate of drug-likeness (QED) is 0.843. The number of furan rings is 1. The van der Waals surface area contributed by atoms with Gasteiger partial charge in [-0.25, -0.2) is 4.79 Å². The molecule has 0 spiro atoms. The molecule has 1 atom stereocenters. The van der Waals surface area contributed by atoms with Crippen LogP contribution < -0.4 is 5.32 Å². The molecule has 1 unspecified atom stereocenters. The smallest absolute Gasteiger partial charge is 0.339 e. The van der Waals surface area contributed by atoms with Gasteiger partial charge in [0.1, 0.15) is 11.3 Å². The molecule has 0 radical (unpaired) electrons. The molecule has 88 valence electrons. The highest BCUT2D eigenvalue weighted by molar-refractivity contribution is 7.99. The Hall–Kier alpha value is -0.940. The van der Waals surface area contributed by atoms with Gasteiger partial charge in [-0.15, -0.1) is 0 Å². The summed E-state index contributed by atoms with van der Waals surface area (Å²) in [5, 5.41) is 12.2. The van der Waals surface area contributed by atoms with E-state index in [-0.39, 0.29) is 5.56 Å². The van der Waals surface area contributed by atoms with Gasteiger partial charge in [-0.1, -0.05) is 0 Å². The molecular formula is C11H15NO3S. The van der Waals surface area contributed by atoms with E-state index in [9.17, 15) is 4.79 Å². The lowest BCUT2D eigenvalue weighted by molar-refractivity contribution is 0.0694. The van der Waals surface area contributed by atoms with Crippen molar-refractivity contribution in [1.82, 2.24) is 5.32 Å². The van der Waals surface area contributed by atoms with Gasteiger partial charge in [-0.3, -0.25) is 0 Å². The average molecular weight is 241 g/mol. The fourth-order valence-electron chi connectivity index (χ4n) is 1.81. The van der Waals surface area contributed by atoms with Crippen molar-refractivity contribution in [3.63, 3.8) is 0 Å². The molecule has 4 nitrogen and oxygen atoms in total. The summed E-state index contributed by atoms with van der Waals surface area (Å²) < 4.78 is 5.17. The van der Waals surface area contributed by atoms with Crippen LogP contribution in [0.3, 0.4) is 0 Å². The SMILES string of the molecule is O=C(O)c1ccoc1CNC1CCCSC1. The highest BCUT2D eigenvalue weighted by Gasteiger charge is 2.16. The van der Waals surface area contributed by atoms with Gasteiger partial charge in [0, 0.05) is 11.8 Å². The fourth-order valence-corrected chi connectivity index (χ4v) is 2.91. The number of nitrogens with one attached hydrogen (secondary N) is 1. The van der Waals surface area contributed by atoms with Crippen LogP contribution in [0.1, 0.15) is 29.0 Å². The third-order valence-electron chi connectivity index (χ3n) is 2.69. The Morgan fingerprint density at radius 1 is 1.69 bits per heavy atom. The van der Waals surface area contributed by atoms with Crippen LogP contribution in [-0.2, 0) is 6.54 Å². The predicted octanol–water partition coefficient (Wildman–Crippen LogP) is 1.96. The lowest BCUT2D eigenvalue weighted by Crippen LogP contribution is -2.33. The van der Waals surface area contributed by atoms with Crippen LogP contribution in [0.2, 0.25) is 0 Å². The van der Waals surface area contributed by atoms with Crippen LogP contribution in [0, 0.1) is 0 Å². The number of carboxylic acid groups (broad SMARTS) is 1. The summed E-state index contributed by atoms with van der Waals surface area (Å²) in [6, 6.07) is 1.97. The summed E-state index contributed by atoms with van der Waals surface area (Å²) in [7, 11) is 0. The third kappa shape index (κ3) is 2.80. The number of carbonyl (C=O) groups is 1. The maximum absolute atomic E-state index is 10.8. The van der Waals surface area contributed by atoms with Crippen molar-refractivity contribution < 1.29 is 14.3 Å². The van der Waals surface area contributed by atoms with E-state index >= 15 is 0 Å². The van der Waals surface area contributed by atoms with Crippen LogP contribution in [0.25, 0.3) is 0 Å². The van der Waals surface area contributed by atoms with Gasteiger partial charge >= 0.3 is 5.97 Å². The molecule has 0 aliphatic carbocycles. The number of rotatable bonds is 4. The molecule has 0 amide bonds. The Morgan fingerprint density at radius 2 is 2.56 bits per heavy atom. The van der Waals surface area contributed by atoms with Gasteiger partial charge in [-0.05, 0) is 24.7 Å². The zero-order chi connectivity index (χ0) is 11.4. The van der Waals surface area contributed by atoms with Gasteiger partial charge in [0.05, 0.1) is 12.8 Å². The molecular weight excluding hydrogens is 226 g/mol. The Morgan fingerprint density at radius 3 is 3.25 bits per heavy atom. The van der Waals surface area contributed by atoms with E-state index in [0.29, 0.717) is 18.3 Å². The minimum absolute atomic E-state index is 0.260. The van der Waals surface area contributed by atoms with Crippen LogP contribution >= 0.6 is 11.8 Å². The minimum Gasteiger partial charge on any atom is -0.478 e. The van der Waals surface area contributed by atoms with Gasteiger partial charge in [0.15, 0.2) is 0 Å². The molecule has 1 saturated heterocycles. The summed E-state index contributed by atoms with van der Waals surface area (Å²) in [4.78, 5) is 10.8. The largest absolute Gasteiger partial charge is 0.478 e. The number of hydrogen-bond donors (Lipinski definition) is 2. The van der Waals surface area contributed by atoms with E-state index in [4.69, 9.17) is 9.52 Å². The molecule has 1 aliphatic heterocycles. The topological polar surface area (TPSA) is 62.5 Å². The molecule has 1 fully saturated rings.